The normalized spacial score (nSPS) is 11.1. The zero-order valence-corrected chi connectivity index (χ0v) is 13.9. The van der Waals surface area contributed by atoms with E-state index in [1.807, 2.05) is 12.1 Å². The Morgan fingerprint density at radius 2 is 1.77 bits per heavy atom. The fourth-order valence-electron chi connectivity index (χ4n) is 1.93. The van der Waals surface area contributed by atoms with Crippen LogP contribution in [0.15, 0.2) is 48.5 Å². The first kappa shape index (κ1) is 16.6. The standard InChI is InChI=1S/C18H17Cl2NO/c1-12(2)14-6-3-13(4-7-14)5-10-18(22)21-17-11-15(19)8-9-16(17)20/h3-12H,1-2H3,(H,21,22)/b10-5+. The Hall–Kier alpha value is -1.77. The lowest BCUT2D eigenvalue weighted by Crippen LogP contribution is -2.08. The Morgan fingerprint density at radius 1 is 1.09 bits per heavy atom. The number of carbonyl (C=O) groups is 1. The average Bonchev–Trinajstić information content (AvgIpc) is 2.49. The minimum Gasteiger partial charge on any atom is -0.321 e. The lowest BCUT2D eigenvalue weighted by Gasteiger charge is -2.06. The number of hydrogen-bond acceptors (Lipinski definition) is 1. The zero-order valence-electron chi connectivity index (χ0n) is 12.4. The molecule has 0 fully saturated rings. The maximum absolute atomic E-state index is 11.9. The lowest BCUT2D eigenvalue weighted by atomic mass is 10.0. The van der Waals surface area contributed by atoms with E-state index in [4.69, 9.17) is 23.2 Å². The molecular formula is C18H17Cl2NO. The van der Waals surface area contributed by atoms with Crippen molar-refractivity contribution in [2.45, 2.75) is 19.8 Å². The Bertz CT molecular complexity index is 691. The molecule has 2 aromatic carbocycles. The van der Waals surface area contributed by atoms with Gasteiger partial charge in [-0.05, 0) is 41.3 Å². The molecule has 4 heteroatoms. The number of amides is 1. The lowest BCUT2D eigenvalue weighted by molar-refractivity contribution is -0.111. The number of halogens is 2. The van der Waals surface area contributed by atoms with Gasteiger partial charge in [0.2, 0.25) is 5.91 Å². The summed E-state index contributed by atoms with van der Waals surface area (Å²) in [6.07, 6.45) is 3.24. The third kappa shape index (κ3) is 4.62. The van der Waals surface area contributed by atoms with Gasteiger partial charge in [-0.3, -0.25) is 4.79 Å². The monoisotopic (exact) mass is 333 g/mol. The molecule has 22 heavy (non-hydrogen) atoms. The summed E-state index contributed by atoms with van der Waals surface area (Å²) >= 11 is 11.9. The van der Waals surface area contributed by atoms with E-state index in [1.54, 1.807) is 24.3 Å². The van der Waals surface area contributed by atoms with Crippen LogP contribution in [0.5, 0.6) is 0 Å². The molecule has 2 rings (SSSR count). The van der Waals surface area contributed by atoms with Crippen LogP contribution < -0.4 is 5.32 Å². The number of rotatable bonds is 4. The maximum atomic E-state index is 11.9. The molecule has 0 radical (unpaired) electrons. The molecule has 0 saturated heterocycles. The van der Waals surface area contributed by atoms with Crippen molar-refractivity contribution in [1.29, 1.82) is 0 Å². The highest BCUT2D eigenvalue weighted by Crippen LogP contribution is 2.25. The van der Waals surface area contributed by atoms with E-state index in [2.05, 4.69) is 31.3 Å². The van der Waals surface area contributed by atoms with Crippen LogP contribution in [0.1, 0.15) is 30.9 Å². The smallest absolute Gasteiger partial charge is 0.248 e. The number of anilines is 1. The third-order valence-corrected chi connectivity index (χ3v) is 3.78. The van der Waals surface area contributed by atoms with Crippen molar-refractivity contribution >= 4 is 40.9 Å². The summed E-state index contributed by atoms with van der Waals surface area (Å²) in [6.45, 7) is 4.29. The van der Waals surface area contributed by atoms with Crippen molar-refractivity contribution in [1.82, 2.24) is 0 Å². The summed E-state index contributed by atoms with van der Waals surface area (Å²) in [6, 6.07) is 13.1. The van der Waals surface area contributed by atoms with Crippen molar-refractivity contribution in [3.63, 3.8) is 0 Å². The van der Waals surface area contributed by atoms with Gasteiger partial charge in [0.05, 0.1) is 10.7 Å². The second kappa shape index (κ2) is 7.48. The summed E-state index contributed by atoms with van der Waals surface area (Å²) in [5.74, 6) is 0.239. The van der Waals surface area contributed by atoms with Gasteiger partial charge in [0, 0.05) is 11.1 Å². The van der Waals surface area contributed by atoms with E-state index < -0.39 is 0 Å². The van der Waals surface area contributed by atoms with Crippen LogP contribution in [0.4, 0.5) is 5.69 Å². The number of carbonyl (C=O) groups excluding carboxylic acids is 1. The van der Waals surface area contributed by atoms with E-state index in [1.165, 1.54) is 11.6 Å². The first-order valence-electron chi connectivity index (χ1n) is 7.00. The highest BCUT2D eigenvalue weighted by Gasteiger charge is 2.04. The van der Waals surface area contributed by atoms with Crippen LogP contribution in [0.3, 0.4) is 0 Å². The molecule has 0 aliphatic rings. The van der Waals surface area contributed by atoms with Crippen molar-refractivity contribution in [3.05, 3.63) is 69.7 Å². The Labute approximate surface area is 140 Å². The molecule has 1 N–H and O–H groups in total. The Kier molecular flexibility index (Phi) is 5.64. The minimum absolute atomic E-state index is 0.253. The average molecular weight is 334 g/mol. The van der Waals surface area contributed by atoms with Crippen molar-refractivity contribution in [2.24, 2.45) is 0 Å². The molecule has 0 aromatic heterocycles. The molecule has 0 atom stereocenters. The van der Waals surface area contributed by atoms with Crippen molar-refractivity contribution in [2.75, 3.05) is 5.32 Å². The minimum atomic E-state index is -0.253. The summed E-state index contributed by atoms with van der Waals surface area (Å²) in [7, 11) is 0. The number of hydrogen-bond donors (Lipinski definition) is 1. The molecule has 114 valence electrons. The first-order valence-corrected chi connectivity index (χ1v) is 7.75. The Morgan fingerprint density at radius 3 is 2.41 bits per heavy atom. The van der Waals surface area contributed by atoms with Crippen LogP contribution in [0.2, 0.25) is 10.0 Å². The number of benzene rings is 2. The SMILES string of the molecule is CC(C)c1ccc(/C=C/C(=O)Nc2cc(Cl)ccc2Cl)cc1. The van der Waals surface area contributed by atoms with Crippen LogP contribution in [-0.4, -0.2) is 5.91 Å². The predicted octanol–water partition coefficient (Wildman–Crippen LogP) is 5.77. The van der Waals surface area contributed by atoms with Gasteiger partial charge in [-0.15, -0.1) is 0 Å². The summed E-state index contributed by atoms with van der Waals surface area (Å²) in [5, 5.41) is 3.68. The topological polar surface area (TPSA) is 29.1 Å². The molecule has 2 aromatic rings. The fourth-order valence-corrected chi connectivity index (χ4v) is 2.27. The second-order valence-electron chi connectivity index (χ2n) is 5.27. The van der Waals surface area contributed by atoms with Gasteiger partial charge < -0.3 is 5.32 Å². The molecule has 0 saturated carbocycles. The maximum Gasteiger partial charge on any atom is 0.248 e. The highest BCUT2D eigenvalue weighted by atomic mass is 35.5. The molecule has 0 heterocycles. The molecule has 0 aliphatic carbocycles. The van der Waals surface area contributed by atoms with E-state index in [-0.39, 0.29) is 5.91 Å². The van der Waals surface area contributed by atoms with E-state index in [0.717, 1.165) is 5.56 Å². The third-order valence-electron chi connectivity index (χ3n) is 3.22. The summed E-state index contributed by atoms with van der Waals surface area (Å²) < 4.78 is 0. The van der Waals surface area contributed by atoms with Gasteiger partial charge >= 0.3 is 0 Å². The van der Waals surface area contributed by atoms with Gasteiger partial charge in [0.25, 0.3) is 0 Å². The van der Waals surface area contributed by atoms with Gasteiger partial charge in [0.15, 0.2) is 0 Å². The largest absolute Gasteiger partial charge is 0.321 e. The fraction of sp³-hybridized carbons (Fsp3) is 0.167. The number of nitrogens with one attached hydrogen (secondary N) is 1. The molecule has 0 spiro atoms. The van der Waals surface area contributed by atoms with Gasteiger partial charge in [-0.25, -0.2) is 0 Å². The van der Waals surface area contributed by atoms with Gasteiger partial charge in [-0.1, -0.05) is 61.3 Å². The van der Waals surface area contributed by atoms with Crippen LogP contribution in [0.25, 0.3) is 6.08 Å². The van der Waals surface area contributed by atoms with Crippen molar-refractivity contribution in [3.8, 4) is 0 Å². The van der Waals surface area contributed by atoms with Crippen LogP contribution in [-0.2, 0) is 4.79 Å². The predicted molar refractivity (Wildman–Crippen MR) is 94.7 cm³/mol. The molecule has 0 aliphatic heterocycles. The van der Waals surface area contributed by atoms with Crippen LogP contribution >= 0.6 is 23.2 Å². The molecule has 0 bridgehead atoms. The van der Waals surface area contributed by atoms with Crippen LogP contribution in [0, 0.1) is 0 Å². The first-order chi connectivity index (χ1) is 10.5. The Balaban J connectivity index is 2.03. The second-order valence-corrected chi connectivity index (χ2v) is 6.11. The van der Waals surface area contributed by atoms with Gasteiger partial charge in [0.1, 0.15) is 0 Å². The molecule has 2 nitrogen and oxygen atoms in total. The summed E-state index contributed by atoms with van der Waals surface area (Å²) in [4.78, 5) is 11.9. The molecule has 1 amide bonds. The molecule has 0 unspecified atom stereocenters. The van der Waals surface area contributed by atoms with E-state index in [0.29, 0.717) is 21.7 Å². The quantitative estimate of drug-likeness (QED) is 0.707. The zero-order chi connectivity index (χ0) is 16.1. The highest BCUT2D eigenvalue weighted by molar-refractivity contribution is 6.35. The van der Waals surface area contributed by atoms with E-state index >= 15 is 0 Å². The van der Waals surface area contributed by atoms with Crippen molar-refractivity contribution < 1.29 is 4.79 Å². The summed E-state index contributed by atoms with van der Waals surface area (Å²) in [5.41, 5.74) is 2.74. The van der Waals surface area contributed by atoms with Gasteiger partial charge in [-0.2, -0.15) is 0 Å². The van der Waals surface area contributed by atoms with E-state index in [9.17, 15) is 4.79 Å². The molecular weight excluding hydrogens is 317 g/mol.